The number of hydrogen-bond acceptors (Lipinski definition) is 4. The van der Waals surface area contributed by atoms with Gasteiger partial charge in [0, 0.05) is 24.6 Å². The van der Waals surface area contributed by atoms with Crippen molar-refractivity contribution in [1.82, 2.24) is 0 Å². The van der Waals surface area contributed by atoms with E-state index in [2.05, 4.69) is 10.3 Å². The Bertz CT molecular complexity index is 821. The summed E-state index contributed by atoms with van der Waals surface area (Å²) in [4.78, 5) is 4.56. The lowest BCUT2D eigenvalue weighted by Crippen LogP contribution is -2.23. The van der Waals surface area contributed by atoms with Crippen molar-refractivity contribution in [2.45, 2.75) is 18.0 Å². The van der Waals surface area contributed by atoms with Gasteiger partial charge in [0.1, 0.15) is 0 Å². The third-order valence-corrected chi connectivity index (χ3v) is 4.49. The highest BCUT2D eigenvalue weighted by Crippen LogP contribution is 2.16. The van der Waals surface area contributed by atoms with E-state index in [9.17, 15) is 8.42 Å². The Balaban J connectivity index is 0.00000312. The number of guanidine groups is 1. The van der Waals surface area contributed by atoms with Gasteiger partial charge in [-0.1, -0.05) is 30.3 Å². The van der Waals surface area contributed by atoms with Crippen molar-refractivity contribution in [2.75, 3.05) is 18.7 Å². The number of benzene rings is 2. The standard InChI is InChI=1S/C17H21N3O3S.HI/c1-23-12-14-5-3-4-6-16(14)20-17(18)19-11-13-7-9-15(10-8-13)24(2,21)22;/h3-10H,11-12H2,1-2H3,(H3,18,19,20);1H. The molecule has 0 saturated heterocycles. The van der Waals surface area contributed by atoms with Crippen LogP contribution >= 0.6 is 24.0 Å². The zero-order chi connectivity index (χ0) is 17.6. The van der Waals surface area contributed by atoms with Crippen LogP contribution in [0.3, 0.4) is 0 Å². The first kappa shape index (κ1) is 21.4. The number of sulfone groups is 1. The minimum absolute atomic E-state index is 0. The van der Waals surface area contributed by atoms with Gasteiger partial charge in [0.05, 0.1) is 18.0 Å². The molecule has 0 fully saturated rings. The van der Waals surface area contributed by atoms with E-state index in [4.69, 9.17) is 10.5 Å². The van der Waals surface area contributed by atoms with Gasteiger partial charge in [0.2, 0.25) is 0 Å². The van der Waals surface area contributed by atoms with Crippen molar-refractivity contribution in [3.8, 4) is 0 Å². The molecule has 0 atom stereocenters. The molecule has 2 aromatic carbocycles. The number of nitrogens with two attached hydrogens (primary N) is 1. The van der Waals surface area contributed by atoms with E-state index in [0.717, 1.165) is 16.8 Å². The van der Waals surface area contributed by atoms with Crippen LogP contribution < -0.4 is 11.1 Å². The third kappa shape index (κ3) is 6.63. The summed E-state index contributed by atoms with van der Waals surface area (Å²) in [6.07, 6.45) is 1.18. The van der Waals surface area contributed by atoms with Gasteiger partial charge >= 0.3 is 0 Å². The number of para-hydroxylation sites is 1. The van der Waals surface area contributed by atoms with Crippen LogP contribution in [-0.2, 0) is 27.7 Å². The summed E-state index contributed by atoms with van der Waals surface area (Å²) in [6, 6.07) is 14.3. The van der Waals surface area contributed by atoms with Crippen LogP contribution in [0.1, 0.15) is 11.1 Å². The number of halogens is 1. The highest BCUT2D eigenvalue weighted by molar-refractivity contribution is 14.0. The maximum atomic E-state index is 11.4. The maximum Gasteiger partial charge on any atom is 0.193 e. The maximum absolute atomic E-state index is 11.4. The van der Waals surface area contributed by atoms with E-state index in [1.807, 2.05) is 24.3 Å². The molecular formula is C17H22IN3O3S. The van der Waals surface area contributed by atoms with E-state index in [1.54, 1.807) is 31.4 Å². The quantitative estimate of drug-likeness (QED) is 0.381. The molecule has 0 heterocycles. The van der Waals surface area contributed by atoms with Crippen molar-refractivity contribution in [2.24, 2.45) is 10.7 Å². The Kier molecular flexibility index (Phi) is 8.33. The Hall–Kier alpha value is -1.65. The number of rotatable bonds is 6. The molecule has 0 saturated carbocycles. The molecule has 6 nitrogen and oxygen atoms in total. The Labute approximate surface area is 165 Å². The summed E-state index contributed by atoms with van der Waals surface area (Å²) in [5.74, 6) is 0.283. The van der Waals surface area contributed by atoms with E-state index < -0.39 is 9.84 Å². The fourth-order valence-electron chi connectivity index (χ4n) is 2.12. The summed E-state index contributed by atoms with van der Waals surface area (Å²) in [7, 11) is -1.55. The second kappa shape index (κ2) is 9.73. The summed E-state index contributed by atoms with van der Waals surface area (Å²) in [5, 5.41) is 3.05. The molecule has 2 aromatic rings. The fourth-order valence-corrected chi connectivity index (χ4v) is 2.75. The van der Waals surface area contributed by atoms with E-state index >= 15 is 0 Å². The van der Waals surface area contributed by atoms with Crippen LogP contribution in [0.4, 0.5) is 5.69 Å². The lowest BCUT2D eigenvalue weighted by atomic mass is 10.2. The van der Waals surface area contributed by atoms with Crippen molar-refractivity contribution < 1.29 is 13.2 Å². The van der Waals surface area contributed by atoms with Crippen LogP contribution in [0, 0.1) is 0 Å². The van der Waals surface area contributed by atoms with Gasteiger partial charge in [0.15, 0.2) is 15.8 Å². The third-order valence-electron chi connectivity index (χ3n) is 3.36. The average molecular weight is 475 g/mol. The SMILES string of the molecule is COCc1ccccc1NC(N)=NCc1ccc(S(C)(=O)=O)cc1.I. The van der Waals surface area contributed by atoms with Gasteiger partial charge in [0.25, 0.3) is 0 Å². The topological polar surface area (TPSA) is 93.8 Å². The average Bonchev–Trinajstić information content (AvgIpc) is 2.55. The van der Waals surface area contributed by atoms with Crippen molar-refractivity contribution in [3.05, 3.63) is 59.7 Å². The van der Waals surface area contributed by atoms with Crippen molar-refractivity contribution in [3.63, 3.8) is 0 Å². The molecule has 0 aromatic heterocycles. The van der Waals surface area contributed by atoms with Crippen molar-refractivity contribution >= 4 is 45.5 Å². The van der Waals surface area contributed by atoms with E-state index in [-0.39, 0.29) is 34.8 Å². The first-order chi connectivity index (χ1) is 11.4. The molecule has 0 aliphatic carbocycles. The molecule has 0 radical (unpaired) electrons. The molecular weight excluding hydrogens is 453 g/mol. The van der Waals surface area contributed by atoms with Gasteiger partial charge in [-0.2, -0.15) is 0 Å². The van der Waals surface area contributed by atoms with Crippen LogP contribution in [0.5, 0.6) is 0 Å². The molecule has 25 heavy (non-hydrogen) atoms. The molecule has 0 aliphatic heterocycles. The molecule has 0 aliphatic rings. The lowest BCUT2D eigenvalue weighted by Gasteiger charge is -2.10. The summed E-state index contributed by atoms with van der Waals surface area (Å²) in [5.41, 5.74) is 8.62. The number of methoxy groups -OCH3 is 1. The zero-order valence-corrected chi connectivity index (χ0v) is 17.2. The van der Waals surface area contributed by atoms with Crippen LogP contribution in [0.15, 0.2) is 58.4 Å². The molecule has 0 amide bonds. The highest BCUT2D eigenvalue weighted by Gasteiger charge is 2.06. The number of nitrogens with one attached hydrogen (secondary N) is 1. The van der Waals surface area contributed by atoms with Gasteiger partial charge in [-0.25, -0.2) is 13.4 Å². The molecule has 8 heteroatoms. The van der Waals surface area contributed by atoms with Gasteiger partial charge < -0.3 is 15.8 Å². The monoisotopic (exact) mass is 475 g/mol. The predicted molar refractivity (Wildman–Crippen MR) is 111 cm³/mol. The minimum Gasteiger partial charge on any atom is -0.380 e. The fraction of sp³-hybridized carbons (Fsp3) is 0.235. The first-order valence-electron chi connectivity index (χ1n) is 7.33. The summed E-state index contributed by atoms with van der Waals surface area (Å²) < 4.78 is 28.0. The Morgan fingerprint density at radius 1 is 1.16 bits per heavy atom. The van der Waals surface area contributed by atoms with Crippen molar-refractivity contribution in [1.29, 1.82) is 0 Å². The number of aliphatic imine (C=N–C) groups is 1. The van der Waals surface area contributed by atoms with Gasteiger partial charge in [-0.05, 0) is 23.8 Å². The summed E-state index contributed by atoms with van der Waals surface area (Å²) >= 11 is 0. The van der Waals surface area contributed by atoms with Crippen LogP contribution in [-0.4, -0.2) is 27.7 Å². The second-order valence-corrected chi connectivity index (χ2v) is 7.35. The largest absolute Gasteiger partial charge is 0.380 e. The van der Waals surface area contributed by atoms with Crippen LogP contribution in [0.2, 0.25) is 0 Å². The number of anilines is 1. The molecule has 2 rings (SSSR count). The number of hydrogen-bond donors (Lipinski definition) is 2. The van der Waals surface area contributed by atoms with Gasteiger partial charge in [-0.15, -0.1) is 24.0 Å². The smallest absolute Gasteiger partial charge is 0.193 e. The predicted octanol–water partition coefficient (Wildman–Crippen LogP) is 2.78. The zero-order valence-electron chi connectivity index (χ0n) is 14.1. The van der Waals surface area contributed by atoms with Gasteiger partial charge in [-0.3, -0.25) is 0 Å². The molecule has 0 bridgehead atoms. The first-order valence-corrected chi connectivity index (χ1v) is 9.22. The van der Waals surface area contributed by atoms with Crippen LogP contribution in [0.25, 0.3) is 0 Å². The highest BCUT2D eigenvalue weighted by atomic mass is 127. The van der Waals surface area contributed by atoms with E-state index in [1.165, 1.54) is 6.26 Å². The Morgan fingerprint density at radius 2 is 1.80 bits per heavy atom. The molecule has 0 spiro atoms. The normalized spacial score (nSPS) is 11.7. The lowest BCUT2D eigenvalue weighted by molar-refractivity contribution is 0.185. The number of nitrogens with zero attached hydrogens (tertiary/aromatic N) is 1. The molecule has 136 valence electrons. The molecule has 3 N–H and O–H groups in total. The number of ether oxygens (including phenoxy) is 1. The Morgan fingerprint density at radius 3 is 2.40 bits per heavy atom. The molecule has 0 unspecified atom stereocenters. The van der Waals surface area contributed by atoms with E-state index in [0.29, 0.717) is 13.2 Å². The second-order valence-electron chi connectivity index (χ2n) is 5.33. The minimum atomic E-state index is -3.19. The summed E-state index contributed by atoms with van der Waals surface area (Å²) in [6.45, 7) is 0.832.